The van der Waals surface area contributed by atoms with Crippen molar-refractivity contribution in [3.63, 3.8) is 0 Å². The normalized spacial score (nSPS) is 30.7. The van der Waals surface area contributed by atoms with Crippen LogP contribution in [0.1, 0.15) is 25.7 Å². The number of fused-ring (bicyclic) bond motifs is 1. The van der Waals surface area contributed by atoms with E-state index < -0.39 is 0 Å². The van der Waals surface area contributed by atoms with Crippen LogP contribution in [-0.4, -0.2) is 50.2 Å². The predicted molar refractivity (Wildman–Crippen MR) is 62.2 cm³/mol. The Morgan fingerprint density at radius 2 is 2.25 bits per heavy atom. The lowest BCUT2D eigenvalue weighted by atomic mass is 9.84. The number of hydrogen-bond donors (Lipinski definition) is 1. The van der Waals surface area contributed by atoms with Gasteiger partial charge in [-0.3, -0.25) is 4.79 Å². The Bertz CT molecular complexity index is 245. The maximum absolute atomic E-state index is 12.0. The van der Waals surface area contributed by atoms with E-state index in [1.807, 2.05) is 11.9 Å². The van der Waals surface area contributed by atoms with Crippen LogP contribution in [0.2, 0.25) is 0 Å². The van der Waals surface area contributed by atoms with E-state index >= 15 is 0 Å². The van der Waals surface area contributed by atoms with Crippen LogP contribution in [-0.2, 0) is 9.53 Å². The summed E-state index contributed by atoms with van der Waals surface area (Å²) in [5.41, 5.74) is 0. The molecule has 1 saturated carbocycles. The lowest BCUT2D eigenvalue weighted by molar-refractivity contribution is -0.133. The lowest BCUT2D eigenvalue weighted by Crippen LogP contribution is -2.48. The predicted octanol–water partition coefficient (Wildman–Crippen LogP) is 0.623. The summed E-state index contributed by atoms with van der Waals surface area (Å²) >= 11 is 0. The second-order valence-electron chi connectivity index (χ2n) is 4.80. The van der Waals surface area contributed by atoms with Gasteiger partial charge in [-0.15, -0.1) is 0 Å². The molecule has 0 radical (unpaired) electrons. The van der Waals surface area contributed by atoms with E-state index in [-0.39, 0.29) is 5.91 Å². The minimum atomic E-state index is 0.227. The van der Waals surface area contributed by atoms with Crippen molar-refractivity contribution in [1.29, 1.82) is 0 Å². The number of ether oxygens (including phenoxy) is 1. The summed E-state index contributed by atoms with van der Waals surface area (Å²) in [5.74, 6) is 0.793. The topological polar surface area (TPSA) is 41.6 Å². The molecule has 2 rings (SSSR count). The highest BCUT2D eigenvalue weighted by atomic mass is 16.5. The summed E-state index contributed by atoms with van der Waals surface area (Å²) in [5, 5.41) is 2.95. The van der Waals surface area contributed by atoms with Gasteiger partial charge in [-0.2, -0.15) is 0 Å². The first-order valence-corrected chi connectivity index (χ1v) is 6.34. The van der Waals surface area contributed by atoms with E-state index in [0.29, 0.717) is 25.1 Å². The number of hydrogen-bond acceptors (Lipinski definition) is 3. The number of likely N-dealkylation sites (N-methyl/N-ethyl adjacent to an activating group) is 1. The van der Waals surface area contributed by atoms with Crippen LogP contribution >= 0.6 is 0 Å². The zero-order chi connectivity index (χ0) is 11.4. The molecule has 2 unspecified atom stereocenters. The van der Waals surface area contributed by atoms with Crippen molar-refractivity contribution in [3.05, 3.63) is 0 Å². The van der Waals surface area contributed by atoms with E-state index in [1.165, 1.54) is 19.3 Å². The Balaban J connectivity index is 2.05. The van der Waals surface area contributed by atoms with Crippen LogP contribution in [0.3, 0.4) is 0 Å². The molecule has 2 aliphatic rings. The maximum Gasteiger partial charge on any atom is 0.236 e. The molecular formula is C12H22N2O2. The molecule has 0 spiro atoms. The average Bonchev–Trinajstić information content (AvgIpc) is 2.51. The van der Waals surface area contributed by atoms with Crippen molar-refractivity contribution >= 4 is 5.91 Å². The molecule has 0 aromatic carbocycles. The van der Waals surface area contributed by atoms with E-state index in [2.05, 4.69) is 5.32 Å². The summed E-state index contributed by atoms with van der Waals surface area (Å²) in [6, 6.07) is 0.428. The van der Waals surface area contributed by atoms with E-state index in [1.54, 1.807) is 0 Å². The van der Waals surface area contributed by atoms with E-state index in [9.17, 15) is 4.79 Å². The summed E-state index contributed by atoms with van der Waals surface area (Å²) in [4.78, 5) is 14.1. The molecule has 1 aliphatic carbocycles. The number of rotatable bonds is 2. The Hall–Kier alpha value is -0.610. The van der Waals surface area contributed by atoms with Gasteiger partial charge in [-0.25, -0.2) is 0 Å². The molecule has 1 N–H and O–H groups in total. The van der Waals surface area contributed by atoms with Crippen molar-refractivity contribution in [2.24, 2.45) is 5.92 Å². The molecule has 1 heterocycles. The van der Waals surface area contributed by atoms with Gasteiger partial charge in [-0.05, 0) is 19.9 Å². The first kappa shape index (κ1) is 11.9. The zero-order valence-electron chi connectivity index (χ0n) is 10.1. The minimum Gasteiger partial charge on any atom is -0.379 e. The SMILES string of the molecule is CNCC(=O)N1CCOCC2CCCCC21. The molecule has 16 heavy (non-hydrogen) atoms. The second kappa shape index (κ2) is 5.64. The average molecular weight is 226 g/mol. The fraction of sp³-hybridized carbons (Fsp3) is 0.917. The van der Waals surface area contributed by atoms with Crippen LogP contribution in [0.5, 0.6) is 0 Å². The fourth-order valence-corrected chi connectivity index (χ4v) is 2.92. The Morgan fingerprint density at radius 3 is 3.06 bits per heavy atom. The monoisotopic (exact) mass is 226 g/mol. The van der Waals surface area contributed by atoms with Crippen molar-refractivity contribution in [2.75, 3.05) is 33.4 Å². The van der Waals surface area contributed by atoms with Gasteiger partial charge in [0.25, 0.3) is 0 Å². The number of nitrogens with one attached hydrogen (secondary N) is 1. The molecule has 1 saturated heterocycles. The molecule has 0 aromatic rings. The first-order valence-electron chi connectivity index (χ1n) is 6.34. The highest BCUT2D eigenvalue weighted by molar-refractivity contribution is 5.78. The third-order valence-electron chi connectivity index (χ3n) is 3.73. The Kier molecular flexibility index (Phi) is 4.18. The third kappa shape index (κ3) is 2.55. The Morgan fingerprint density at radius 1 is 1.44 bits per heavy atom. The van der Waals surface area contributed by atoms with Gasteiger partial charge in [-0.1, -0.05) is 12.8 Å². The number of carbonyl (C=O) groups excluding carboxylic acids is 1. The van der Waals surface area contributed by atoms with Gasteiger partial charge in [0, 0.05) is 18.5 Å². The summed E-state index contributed by atoms with van der Waals surface area (Å²) < 4.78 is 5.61. The van der Waals surface area contributed by atoms with E-state index in [4.69, 9.17) is 4.74 Å². The molecule has 4 heteroatoms. The molecule has 92 valence electrons. The summed E-state index contributed by atoms with van der Waals surface area (Å²) in [6.07, 6.45) is 4.92. The fourth-order valence-electron chi connectivity index (χ4n) is 2.92. The molecule has 0 aromatic heterocycles. The molecular weight excluding hydrogens is 204 g/mol. The highest BCUT2D eigenvalue weighted by Gasteiger charge is 2.34. The molecule has 4 nitrogen and oxygen atoms in total. The molecule has 0 bridgehead atoms. The van der Waals surface area contributed by atoms with Gasteiger partial charge >= 0.3 is 0 Å². The van der Waals surface area contributed by atoms with Crippen molar-refractivity contribution in [1.82, 2.24) is 10.2 Å². The highest BCUT2D eigenvalue weighted by Crippen LogP contribution is 2.30. The van der Waals surface area contributed by atoms with Gasteiger partial charge in [0.05, 0.1) is 19.8 Å². The largest absolute Gasteiger partial charge is 0.379 e. The molecule has 2 atom stereocenters. The van der Waals surface area contributed by atoms with Gasteiger partial charge in [0.15, 0.2) is 0 Å². The molecule has 1 aliphatic heterocycles. The molecule has 1 amide bonds. The standard InChI is InChI=1S/C12H22N2O2/c1-13-8-12(15)14-6-7-16-9-10-4-2-3-5-11(10)14/h10-11,13H,2-9H2,1H3. The van der Waals surface area contributed by atoms with Crippen LogP contribution in [0.4, 0.5) is 0 Å². The number of nitrogens with zero attached hydrogens (tertiary/aromatic N) is 1. The van der Waals surface area contributed by atoms with Crippen LogP contribution in [0.25, 0.3) is 0 Å². The maximum atomic E-state index is 12.0. The quantitative estimate of drug-likeness (QED) is 0.750. The lowest BCUT2D eigenvalue weighted by Gasteiger charge is -2.37. The van der Waals surface area contributed by atoms with Crippen LogP contribution in [0, 0.1) is 5.92 Å². The van der Waals surface area contributed by atoms with Crippen LogP contribution in [0.15, 0.2) is 0 Å². The van der Waals surface area contributed by atoms with Crippen LogP contribution < -0.4 is 5.32 Å². The van der Waals surface area contributed by atoms with E-state index in [0.717, 1.165) is 19.6 Å². The van der Waals surface area contributed by atoms with Crippen molar-refractivity contribution in [2.45, 2.75) is 31.7 Å². The molecule has 2 fully saturated rings. The number of carbonyl (C=O) groups is 1. The zero-order valence-corrected chi connectivity index (χ0v) is 10.1. The van der Waals surface area contributed by atoms with Gasteiger partial charge in [0.2, 0.25) is 5.91 Å². The van der Waals surface area contributed by atoms with Crippen molar-refractivity contribution in [3.8, 4) is 0 Å². The van der Waals surface area contributed by atoms with Gasteiger partial charge in [0.1, 0.15) is 0 Å². The first-order chi connectivity index (χ1) is 7.83. The van der Waals surface area contributed by atoms with Crippen molar-refractivity contribution < 1.29 is 9.53 Å². The smallest absolute Gasteiger partial charge is 0.236 e. The Labute approximate surface area is 97.3 Å². The minimum absolute atomic E-state index is 0.227. The third-order valence-corrected chi connectivity index (χ3v) is 3.73. The second-order valence-corrected chi connectivity index (χ2v) is 4.80. The summed E-state index contributed by atoms with van der Waals surface area (Å²) in [6.45, 7) is 2.75. The van der Waals surface area contributed by atoms with Gasteiger partial charge < -0.3 is 15.0 Å². The number of amides is 1. The summed E-state index contributed by atoms with van der Waals surface area (Å²) in [7, 11) is 1.82.